The maximum absolute atomic E-state index is 12.2. The molecule has 0 bridgehead atoms. The molecule has 1 saturated heterocycles. The van der Waals surface area contributed by atoms with Gasteiger partial charge in [0.2, 0.25) is 5.95 Å². The predicted molar refractivity (Wildman–Crippen MR) is 94.2 cm³/mol. The fourth-order valence-electron chi connectivity index (χ4n) is 2.58. The SMILES string of the molecule is O=C(OCC(=O)N1CCN(c2ncccn2)CC1)c1ccc(Cl)cc1O. The minimum atomic E-state index is -0.774. The number of piperazine rings is 1. The molecule has 1 aromatic carbocycles. The van der Waals surface area contributed by atoms with E-state index in [1.807, 2.05) is 4.90 Å². The number of halogens is 1. The van der Waals surface area contributed by atoms with Gasteiger partial charge in [0.15, 0.2) is 6.61 Å². The van der Waals surface area contributed by atoms with Gasteiger partial charge in [0.1, 0.15) is 11.3 Å². The predicted octanol–water partition coefficient (Wildman–Crippen LogP) is 1.34. The van der Waals surface area contributed by atoms with Crippen molar-refractivity contribution < 1.29 is 19.4 Å². The molecule has 1 N–H and O–H groups in total. The largest absolute Gasteiger partial charge is 0.507 e. The Labute approximate surface area is 155 Å². The third-order valence-corrected chi connectivity index (χ3v) is 4.21. The summed E-state index contributed by atoms with van der Waals surface area (Å²) in [6.07, 6.45) is 3.34. The van der Waals surface area contributed by atoms with E-state index in [0.29, 0.717) is 37.1 Å². The van der Waals surface area contributed by atoms with Crippen molar-refractivity contribution in [3.8, 4) is 5.75 Å². The quantitative estimate of drug-likeness (QED) is 0.804. The molecule has 136 valence electrons. The van der Waals surface area contributed by atoms with Crippen molar-refractivity contribution in [3.05, 3.63) is 47.2 Å². The molecule has 0 saturated carbocycles. The molecule has 26 heavy (non-hydrogen) atoms. The summed E-state index contributed by atoms with van der Waals surface area (Å²) in [5.74, 6) is -0.722. The molecule has 0 spiro atoms. The first-order valence-corrected chi connectivity index (χ1v) is 8.38. The number of carbonyl (C=O) groups is 2. The highest BCUT2D eigenvalue weighted by Crippen LogP contribution is 2.22. The molecule has 1 fully saturated rings. The van der Waals surface area contributed by atoms with Gasteiger partial charge in [-0.15, -0.1) is 0 Å². The lowest BCUT2D eigenvalue weighted by molar-refractivity contribution is -0.134. The van der Waals surface area contributed by atoms with Gasteiger partial charge in [-0.2, -0.15) is 0 Å². The molecule has 2 aromatic rings. The number of hydrogen-bond acceptors (Lipinski definition) is 7. The van der Waals surface area contributed by atoms with Crippen LogP contribution in [0.4, 0.5) is 5.95 Å². The molecule has 1 aliphatic rings. The van der Waals surface area contributed by atoms with E-state index in [4.69, 9.17) is 16.3 Å². The topological polar surface area (TPSA) is 95.9 Å². The van der Waals surface area contributed by atoms with E-state index >= 15 is 0 Å². The highest BCUT2D eigenvalue weighted by molar-refractivity contribution is 6.30. The van der Waals surface area contributed by atoms with Crippen LogP contribution >= 0.6 is 11.6 Å². The molecular formula is C17H17ClN4O4. The Bertz CT molecular complexity index is 795. The number of carbonyl (C=O) groups excluding carboxylic acids is 2. The number of phenols is 1. The Hall–Kier alpha value is -2.87. The van der Waals surface area contributed by atoms with Crippen molar-refractivity contribution >= 4 is 29.4 Å². The average molecular weight is 377 g/mol. The minimum absolute atomic E-state index is 0.0340. The zero-order valence-corrected chi connectivity index (χ0v) is 14.6. The number of anilines is 1. The van der Waals surface area contributed by atoms with Crippen molar-refractivity contribution in [2.45, 2.75) is 0 Å². The Morgan fingerprint density at radius 1 is 1.15 bits per heavy atom. The molecule has 0 atom stereocenters. The van der Waals surface area contributed by atoms with Gasteiger partial charge in [-0.3, -0.25) is 4.79 Å². The van der Waals surface area contributed by atoms with Crippen molar-refractivity contribution in [2.24, 2.45) is 0 Å². The van der Waals surface area contributed by atoms with Gasteiger partial charge in [0.25, 0.3) is 5.91 Å². The zero-order chi connectivity index (χ0) is 18.5. The second-order valence-electron chi connectivity index (χ2n) is 5.65. The van der Waals surface area contributed by atoms with Crippen molar-refractivity contribution in [1.29, 1.82) is 0 Å². The van der Waals surface area contributed by atoms with Crippen LogP contribution in [-0.4, -0.2) is 64.6 Å². The summed E-state index contributed by atoms with van der Waals surface area (Å²) in [7, 11) is 0. The van der Waals surface area contributed by atoms with Crippen LogP contribution in [-0.2, 0) is 9.53 Å². The normalized spacial score (nSPS) is 14.2. The summed E-state index contributed by atoms with van der Waals surface area (Å²) < 4.78 is 5.00. The number of ether oxygens (including phenoxy) is 1. The first kappa shape index (κ1) is 17.9. The molecule has 0 radical (unpaired) electrons. The molecule has 2 heterocycles. The zero-order valence-electron chi connectivity index (χ0n) is 13.8. The number of hydrogen-bond donors (Lipinski definition) is 1. The minimum Gasteiger partial charge on any atom is -0.507 e. The van der Waals surface area contributed by atoms with E-state index < -0.39 is 5.97 Å². The molecule has 9 heteroatoms. The van der Waals surface area contributed by atoms with Crippen LogP contribution in [0, 0.1) is 0 Å². The summed E-state index contributed by atoms with van der Waals surface area (Å²) in [5, 5.41) is 10.0. The molecule has 8 nitrogen and oxygen atoms in total. The number of aromatic hydroxyl groups is 1. The van der Waals surface area contributed by atoms with E-state index in [1.165, 1.54) is 18.2 Å². The standard InChI is InChI=1S/C17H17ClN4O4/c18-12-2-3-13(14(23)10-12)16(25)26-11-15(24)21-6-8-22(9-7-21)17-19-4-1-5-20-17/h1-5,10,23H,6-9,11H2. The smallest absolute Gasteiger partial charge is 0.342 e. The summed E-state index contributed by atoms with van der Waals surface area (Å²) in [6.45, 7) is 1.79. The number of nitrogens with zero attached hydrogens (tertiary/aromatic N) is 4. The van der Waals surface area contributed by atoms with Gasteiger partial charge in [-0.25, -0.2) is 14.8 Å². The van der Waals surface area contributed by atoms with E-state index in [9.17, 15) is 14.7 Å². The third kappa shape index (κ3) is 4.20. The fraction of sp³-hybridized carbons (Fsp3) is 0.294. The van der Waals surface area contributed by atoms with Crippen LogP contribution in [0.25, 0.3) is 0 Å². The number of rotatable bonds is 4. The molecular weight excluding hydrogens is 360 g/mol. The van der Waals surface area contributed by atoms with Gasteiger partial charge in [-0.1, -0.05) is 11.6 Å². The number of phenolic OH excluding ortho intramolecular Hbond substituents is 1. The number of benzene rings is 1. The van der Waals surface area contributed by atoms with Gasteiger partial charge in [0, 0.05) is 43.6 Å². The summed E-state index contributed by atoms with van der Waals surface area (Å²) in [5.41, 5.74) is -0.0340. The van der Waals surface area contributed by atoms with E-state index in [1.54, 1.807) is 23.4 Å². The van der Waals surface area contributed by atoms with E-state index in [-0.39, 0.29) is 23.8 Å². The van der Waals surface area contributed by atoms with Crippen LogP contribution in [0.15, 0.2) is 36.7 Å². The van der Waals surface area contributed by atoms with Crippen LogP contribution in [0.3, 0.4) is 0 Å². The first-order valence-electron chi connectivity index (χ1n) is 8.00. The van der Waals surface area contributed by atoms with Gasteiger partial charge in [0.05, 0.1) is 0 Å². The van der Waals surface area contributed by atoms with Crippen LogP contribution < -0.4 is 4.90 Å². The lowest BCUT2D eigenvalue weighted by Crippen LogP contribution is -2.50. The number of amides is 1. The highest BCUT2D eigenvalue weighted by Gasteiger charge is 2.23. The van der Waals surface area contributed by atoms with Crippen LogP contribution in [0.1, 0.15) is 10.4 Å². The second kappa shape index (κ2) is 8.01. The van der Waals surface area contributed by atoms with Crippen molar-refractivity contribution in [1.82, 2.24) is 14.9 Å². The lowest BCUT2D eigenvalue weighted by Gasteiger charge is -2.34. The monoisotopic (exact) mass is 376 g/mol. The maximum Gasteiger partial charge on any atom is 0.342 e. The summed E-state index contributed by atoms with van der Waals surface area (Å²) in [4.78, 5) is 36.2. The van der Waals surface area contributed by atoms with Crippen LogP contribution in [0.2, 0.25) is 5.02 Å². The average Bonchev–Trinajstić information content (AvgIpc) is 2.66. The molecule has 1 aromatic heterocycles. The molecule has 3 rings (SSSR count). The molecule has 0 aliphatic carbocycles. The third-order valence-electron chi connectivity index (χ3n) is 3.97. The maximum atomic E-state index is 12.2. The Kier molecular flexibility index (Phi) is 5.52. The van der Waals surface area contributed by atoms with Gasteiger partial charge in [-0.05, 0) is 24.3 Å². The van der Waals surface area contributed by atoms with E-state index in [2.05, 4.69) is 9.97 Å². The summed E-state index contributed by atoms with van der Waals surface area (Å²) in [6, 6.07) is 5.80. The number of aromatic nitrogens is 2. The van der Waals surface area contributed by atoms with Gasteiger partial charge < -0.3 is 19.6 Å². The van der Waals surface area contributed by atoms with E-state index in [0.717, 1.165) is 0 Å². The van der Waals surface area contributed by atoms with Crippen molar-refractivity contribution in [2.75, 3.05) is 37.7 Å². The Morgan fingerprint density at radius 3 is 2.50 bits per heavy atom. The molecule has 1 aliphatic heterocycles. The highest BCUT2D eigenvalue weighted by atomic mass is 35.5. The van der Waals surface area contributed by atoms with Crippen LogP contribution in [0.5, 0.6) is 5.75 Å². The number of esters is 1. The fourth-order valence-corrected chi connectivity index (χ4v) is 2.75. The van der Waals surface area contributed by atoms with Gasteiger partial charge >= 0.3 is 5.97 Å². The first-order chi connectivity index (χ1) is 12.5. The lowest BCUT2D eigenvalue weighted by atomic mass is 10.2. The second-order valence-corrected chi connectivity index (χ2v) is 6.09. The van der Waals surface area contributed by atoms with Crippen molar-refractivity contribution in [3.63, 3.8) is 0 Å². The molecule has 0 unspecified atom stereocenters. The summed E-state index contributed by atoms with van der Waals surface area (Å²) >= 11 is 5.72. The Morgan fingerprint density at radius 2 is 1.85 bits per heavy atom. The molecule has 1 amide bonds. The Balaban J connectivity index is 1.49.